The second kappa shape index (κ2) is 2.83. The second-order valence-electron chi connectivity index (χ2n) is 2.68. The van der Waals surface area contributed by atoms with Gasteiger partial charge in [0, 0.05) is 17.7 Å². The molecule has 0 amide bonds. The van der Waals surface area contributed by atoms with Crippen LogP contribution in [0, 0.1) is 10.1 Å². The van der Waals surface area contributed by atoms with Gasteiger partial charge in [0.1, 0.15) is 0 Å². The first kappa shape index (κ1) is 8.21. The Balaban J connectivity index is 2.45. The van der Waals surface area contributed by atoms with Gasteiger partial charge < -0.3 is 9.76 Å². The lowest BCUT2D eigenvalue weighted by molar-refractivity contribution is -0.384. The van der Waals surface area contributed by atoms with Crippen molar-refractivity contribution in [3.05, 3.63) is 33.9 Å². The van der Waals surface area contributed by atoms with Gasteiger partial charge in [-0.15, -0.1) is 0 Å². The lowest BCUT2D eigenvalue weighted by Gasteiger charge is -2.01. The van der Waals surface area contributed by atoms with E-state index in [0.29, 0.717) is 11.0 Å². The third-order valence-corrected chi connectivity index (χ3v) is 1.87. The molecule has 0 spiro atoms. The standard InChI is InChI=1S/C7H5BNO4/c10-7-5-2-1-4(9(11)12)3-6(5)8-13-7/h1-3,7,10H. The van der Waals surface area contributed by atoms with Gasteiger partial charge in [0.05, 0.1) is 4.92 Å². The lowest BCUT2D eigenvalue weighted by Crippen LogP contribution is -2.11. The number of nitro benzene ring substituents is 1. The van der Waals surface area contributed by atoms with Crippen LogP contribution in [0.25, 0.3) is 0 Å². The summed E-state index contributed by atoms with van der Waals surface area (Å²) in [6.07, 6.45) is -0.990. The molecule has 1 atom stereocenters. The summed E-state index contributed by atoms with van der Waals surface area (Å²) in [6.45, 7) is 0. The van der Waals surface area contributed by atoms with Crippen LogP contribution >= 0.6 is 0 Å². The van der Waals surface area contributed by atoms with Gasteiger partial charge in [-0.05, 0) is 11.5 Å². The zero-order valence-electron chi connectivity index (χ0n) is 6.51. The smallest absolute Gasteiger partial charge is 0.334 e. The summed E-state index contributed by atoms with van der Waals surface area (Å²) in [5.41, 5.74) is 1.11. The maximum absolute atomic E-state index is 10.4. The molecule has 0 bridgehead atoms. The Kier molecular flexibility index (Phi) is 1.79. The fourth-order valence-corrected chi connectivity index (χ4v) is 1.21. The Hall–Kier alpha value is -1.40. The van der Waals surface area contributed by atoms with Crippen LogP contribution in [-0.4, -0.2) is 17.5 Å². The van der Waals surface area contributed by atoms with Crippen molar-refractivity contribution in [1.82, 2.24) is 0 Å². The third-order valence-electron chi connectivity index (χ3n) is 1.87. The van der Waals surface area contributed by atoms with E-state index >= 15 is 0 Å². The Morgan fingerprint density at radius 1 is 1.62 bits per heavy atom. The Morgan fingerprint density at radius 2 is 2.38 bits per heavy atom. The first-order valence-electron chi connectivity index (χ1n) is 3.63. The van der Waals surface area contributed by atoms with Crippen LogP contribution in [0.5, 0.6) is 0 Å². The van der Waals surface area contributed by atoms with Gasteiger partial charge in [-0.1, -0.05) is 0 Å². The van der Waals surface area contributed by atoms with Gasteiger partial charge in [-0.2, -0.15) is 0 Å². The van der Waals surface area contributed by atoms with Crippen LogP contribution in [0.1, 0.15) is 11.9 Å². The molecule has 1 unspecified atom stereocenters. The van der Waals surface area contributed by atoms with Crippen LogP contribution in [0.2, 0.25) is 0 Å². The zero-order chi connectivity index (χ0) is 9.42. The minimum Gasteiger partial charge on any atom is -0.407 e. The van der Waals surface area contributed by atoms with Crippen molar-refractivity contribution in [2.75, 3.05) is 0 Å². The molecule has 1 aliphatic rings. The number of hydrogen-bond donors (Lipinski definition) is 1. The molecule has 1 radical (unpaired) electrons. The van der Waals surface area contributed by atoms with Gasteiger partial charge in [-0.25, -0.2) is 0 Å². The van der Waals surface area contributed by atoms with E-state index in [1.54, 1.807) is 0 Å². The van der Waals surface area contributed by atoms with Gasteiger partial charge in [-0.3, -0.25) is 10.1 Å². The Labute approximate surface area is 74.4 Å². The van der Waals surface area contributed by atoms with E-state index in [0.717, 1.165) is 0 Å². The van der Waals surface area contributed by atoms with Crippen molar-refractivity contribution < 1.29 is 14.7 Å². The van der Waals surface area contributed by atoms with E-state index in [9.17, 15) is 15.2 Å². The molecule has 1 aromatic carbocycles. The highest BCUT2D eigenvalue weighted by molar-refractivity contribution is 6.49. The maximum Gasteiger partial charge on any atom is 0.334 e. The fourth-order valence-electron chi connectivity index (χ4n) is 1.21. The van der Waals surface area contributed by atoms with E-state index < -0.39 is 11.2 Å². The quantitative estimate of drug-likeness (QED) is 0.369. The summed E-state index contributed by atoms with van der Waals surface area (Å²) < 4.78 is 4.77. The summed E-state index contributed by atoms with van der Waals surface area (Å²) in [4.78, 5) is 9.88. The molecule has 0 aromatic heterocycles. The molecule has 6 heteroatoms. The highest BCUT2D eigenvalue weighted by Crippen LogP contribution is 2.20. The van der Waals surface area contributed by atoms with Crippen LogP contribution in [0.15, 0.2) is 18.2 Å². The highest BCUT2D eigenvalue weighted by Gasteiger charge is 2.24. The predicted octanol–water partition coefficient (Wildman–Crippen LogP) is -0.140. The van der Waals surface area contributed by atoms with Crippen molar-refractivity contribution >= 4 is 18.6 Å². The van der Waals surface area contributed by atoms with Crippen molar-refractivity contribution in [1.29, 1.82) is 0 Å². The van der Waals surface area contributed by atoms with Crippen molar-refractivity contribution in [3.63, 3.8) is 0 Å². The molecule has 13 heavy (non-hydrogen) atoms. The molecule has 5 nitrogen and oxygen atoms in total. The monoisotopic (exact) mass is 178 g/mol. The molecule has 65 valence electrons. The Morgan fingerprint density at radius 3 is 3.08 bits per heavy atom. The first-order chi connectivity index (χ1) is 6.18. The molecular formula is C7H5BNO4. The zero-order valence-corrected chi connectivity index (χ0v) is 6.51. The van der Waals surface area contributed by atoms with Crippen LogP contribution in [0.3, 0.4) is 0 Å². The molecule has 2 rings (SSSR count). The molecule has 1 heterocycles. The van der Waals surface area contributed by atoms with Gasteiger partial charge in [0.2, 0.25) is 0 Å². The number of nitrogens with zero attached hydrogens (tertiary/aromatic N) is 1. The molecule has 1 aliphatic heterocycles. The molecular weight excluding hydrogens is 173 g/mol. The summed E-state index contributed by atoms with van der Waals surface area (Å²) >= 11 is 0. The van der Waals surface area contributed by atoms with Gasteiger partial charge in [0.25, 0.3) is 5.69 Å². The van der Waals surface area contributed by atoms with E-state index in [1.807, 2.05) is 0 Å². The largest absolute Gasteiger partial charge is 0.407 e. The molecule has 0 fully saturated rings. The average molecular weight is 178 g/mol. The minimum absolute atomic E-state index is 0.00676. The van der Waals surface area contributed by atoms with E-state index in [4.69, 9.17) is 4.65 Å². The number of nitro groups is 1. The normalized spacial score (nSPS) is 19.3. The van der Waals surface area contributed by atoms with E-state index in [1.165, 1.54) is 25.7 Å². The molecule has 0 aliphatic carbocycles. The SMILES string of the molecule is O=[N+]([O-])c1ccc2c(c1)[B]OC2O. The summed E-state index contributed by atoms with van der Waals surface area (Å²) in [5, 5.41) is 19.6. The summed E-state index contributed by atoms with van der Waals surface area (Å²) in [5.74, 6) is 0. The van der Waals surface area contributed by atoms with Crippen LogP contribution in [0.4, 0.5) is 5.69 Å². The maximum atomic E-state index is 10.4. The minimum atomic E-state index is -0.990. The number of aliphatic hydroxyl groups excluding tert-OH is 1. The average Bonchev–Trinajstić information content (AvgIpc) is 2.47. The lowest BCUT2D eigenvalue weighted by atomic mass is 9.87. The number of non-ortho nitro benzene ring substituents is 1. The van der Waals surface area contributed by atoms with E-state index in [-0.39, 0.29) is 5.69 Å². The Bertz CT molecular complexity index is 368. The van der Waals surface area contributed by atoms with Crippen molar-refractivity contribution in [2.45, 2.75) is 6.29 Å². The summed E-state index contributed by atoms with van der Waals surface area (Å²) in [7, 11) is 1.31. The topological polar surface area (TPSA) is 72.6 Å². The molecule has 0 saturated heterocycles. The molecule has 1 N–H and O–H groups in total. The third kappa shape index (κ3) is 1.30. The predicted molar refractivity (Wildman–Crippen MR) is 44.5 cm³/mol. The fraction of sp³-hybridized carbons (Fsp3) is 0.143. The number of fused-ring (bicyclic) bond motifs is 1. The van der Waals surface area contributed by atoms with E-state index in [2.05, 4.69) is 0 Å². The van der Waals surface area contributed by atoms with Crippen LogP contribution < -0.4 is 5.46 Å². The van der Waals surface area contributed by atoms with Crippen molar-refractivity contribution in [2.24, 2.45) is 0 Å². The number of hydrogen-bond acceptors (Lipinski definition) is 4. The number of rotatable bonds is 1. The first-order valence-corrected chi connectivity index (χ1v) is 3.63. The highest BCUT2D eigenvalue weighted by atomic mass is 16.6. The van der Waals surface area contributed by atoms with Gasteiger partial charge >= 0.3 is 7.48 Å². The molecule has 1 aromatic rings. The number of aliphatic hydroxyl groups is 1. The second-order valence-corrected chi connectivity index (χ2v) is 2.68. The summed E-state index contributed by atoms with van der Waals surface area (Å²) in [6, 6.07) is 4.19. The molecule has 0 saturated carbocycles. The van der Waals surface area contributed by atoms with Crippen molar-refractivity contribution in [3.8, 4) is 0 Å². The van der Waals surface area contributed by atoms with Crippen LogP contribution in [-0.2, 0) is 4.65 Å². The van der Waals surface area contributed by atoms with Gasteiger partial charge in [0.15, 0.2) is 6.29 Å². The number of benzene rings is 1.